The molecule has 2 N–H and O–H groups in total. The molecule has 2 aromatic carbocycles. The van der Waals surface area contributed by atoms with Crippen molar-refractivity contribution in [3.8, 4) is 5.75 Å². The van der Waals surface area contributed by atoms with Gasteiger partial charge in [0.1, 0.15) is 17.9 Å². The van der Waals surface area contributed by atoms with Gasteiger partial charge in [-0.25, -0.2) is 9.97 Å². The molecule has 0 aliphatic heterocycles. The molecule has 1 heterocycles. The summed E-state index contributed by atoms with van der Waals surface area (Å²) >= 11 is 0. The molecule has 28 heavy (non-hydrogen) atoms. The summed E-state index contributed by atoms with van der Waals surface area (Å²) in [6.45, 7) is 5.92. The van der Waals surface area contributed by atoms with Gasteiger partial charge in [0, 0.05) is 23.1 Å². The highest BCUT2D eigenvalue weighted by molar-refractivity contribution is 5.93. The Balaban J connectivity index is 1.67. The van der Waals surface area contributed by atoms with E-state index in [1.807, 2.05) is 62.4 Å². The van der Waals surface area contributed by atoms with Crippen molar-refractivity contribution in [2.75, 3.05) is 17.2 Å². The minimum absolute atomic E-state index is 0.0467. The molecule has 0 aliphatic rings. The van der Waals surface area contributed by atoms with Crippen LogP contribution in [0.5, 0.6) is 5.75 Å². The second-order valence-corrected chi connectivity index (χ2v) is 6.55. The molecule has 0 bridgehead atoms. The lowest BCUT2D eigenvalue weighted by molar-refractivity contribution is -0.118. The Morgan fingerprint density at radius 1 is 1.04 bits per heavy atom. The van der Waals surface area contributed by atoms with Crippen LogP contribution in [0.15, 0.2) is 54.9 Å². The maximum atomic E-state index is 12.4. The highest BCUT2D eigenvalue weighted by Gasteiger charge is 2.09. The van der Waals surface area contributed by atoms with Gasteiger partial charge in [-0.3, -0.25) is 4.79 Å². The molecular weight excluding hydrogens is 352 g/mol. The summed E-state index contributed by atoms with van der Waals surface area (Å²) < 4.78 is 5.56. The summed E-state index contributed by atoms with van der Waals surface area (Å²) in [4.78, 5) is 20.7. The van der Waals surface area contributed by atoms with Crippen LogP contribution < -0.4 is 15.4 Å². The van der Waals surface area contributed by atoms with Gasteiger partial charge in [0.05, 0.1) is 0 Å². The van der Waals surface area contributed by atoms with Gasteiger partial charge in [-0.15, -0.1) is 0 Å². The Bertz CT molecular complexity index is 955. The lowest BCUT2D eigenvalue weighted by atomic mass is 10.1. The number of rotatable bonds is 7. The standard InChI is InChI=1S/C22H24N4O2/c1-4-17-7-8-18(25-21-11-16(3)23-14-24-21)12-20(17)26-22(27)13-28-19-9-5-15(2)6-10-19/h5-12,14H,4,13H2,1-3H3,(H,26,27)(H,23,24,25). The fourth-order valence-corrected chi connectivity index (χ4v) is 2.72. The zero-order valence-corrected chi connectivity index (χ0v) is 16.3. The molecule has 1 amide bonds. The first kappa shape index (κ1) is 19.4. The second-order valence-electron chi connectivity index (χ2n) is 6.55. The monoisotopic (exact) mass is 376 g/mol. The number of aryl methyl sites for hydroxylation is 3. The summed E-state index contributed by atoms with van der Waals surface area (Å²) in [5.74, 6) is 1.17. The number of amides is 1. The average Bonchev–Trinajstić information content (AvgIpc) is 2.68. The van der Waals surface area contributed by atoms with Crippen molar-refractivity contribution in [3.05, 3.63) is 71.7 Å². The fourth-order valence-electron chi connectivity index (χ4n) is 2.72. The first-order valence-corrected chi connectivity index (χ1v) is 9.21. The molecule has 0 unspecified atom stereocenters. The minimum Gasteiger partial charge on any atom is -0.484 e. The lowest BCUT2D eigenvalue weighted by Crippen LogP contribution is -2.21. The number of hydrogen-bond acceptors (Lipinski definition) is 5. The zero-order chi connectivity index (χ0) is 19.9. The normalized spacial score (nSPS) is 10.4. The minimum atomic E-state index is -0.203. The van der Waals surface area contributed by atoms with Crippen LogP contribution >= 0.6 is 0 Å². The van der Waals surface area contributed by atoms with Crippen molar-refractivity contribution < 1.29 is 9.53 Å². The smallest absolute Gasteiger partial charge is 0.262 e. The maximum absolute atomic E-state index is 12.4. The van der Waals surface area contributed by atoms with Crippen molar-refractivity contribution in [3.63, 3.8) is 0 Å². The Morgan fingerprint density at radius 3 is 2.54 bits per heavy atom. The van der Waals surface area contributed by atoms with E-state index in [2.05, 4.69) is 27.5 Å². The molecule has 0 fully saturated rings. The topological polar surface area (TPSA) is 76.1 Å². The van der Waals surface area contributed by atoms with Crippen LogP contribution in [-0.2, 0) is 11.2 Å². The van der Waals surface area contributed by atoms with Gasteiger partial charge in [0.15, 0.2) is 6.61 Å². The van der Waals surface area contributed by atoms with Crippen LogP contribution in [0.4, 0.5) is 17.2 Å². The van der Waals surface area contributed by atoms with Crippen LogP contribution in [0.25, 0.3) is 0 Å². The van der Waals surface area contributed by atoms with Gasteiger partial charge < -0.3 is 15.4 Å². The highest BCUT2D eigenvalue weighted by atomic mass is 16.5. The number of nitrogens with one attached hydrogen (secondary N) is 2. The van der Waals surface area contributed by atoms with Crippen LogP contribution in [-0.4, -0.2) is 22.5 Å². The van der Waals surface area contributed by atoms with Crippen LogP contribution in [0.3, 0.4) is 0 Å². The molecule has 6 nitrogen and oxygen atoms in total. The third kappa shape index (κ3) is 5.30. The molecule has 0 aliphatic carbocycles. The first-order chi connectivity index (χ1) is 13.5. The number of aromatic nitrogens is 2. The fraction of sp³-hybridized carbons (Fsp3) is 0.227. The molecule has 0 radical (unpaired) electrons. The van der Waals surface area contributed by atoms with E-state index < -0.39 is 0 Å². The molecule has 3 aromatic rings. The first-order valence-electron chi connectivity index (χ1n) is 9.21. The van der Waals surface area contributed by atoms with Crippen molar-refractivity contribution in [2.45, 2.75) is 27.2 Å². The average molecular weight is 376 g/mol. The molecule has 0 spiro atoms. The molecular formula is C22H24N4O2. The van der Waals surface area contributed by atoms with E-state index in [1.54, 1.807) is 0 Å². The molecule has 1 aromatic heterocycles. The van der Waals surface area contributed by atoms with E-state index in [0.29, 0.717) is 11.6 Å². The predicted molar refractivity (Wildman–Crippen MR) is 111 cm³/mol. The zero-order valence-electron chi connectivity index (χ0n) is 16.3. The molecule has 0 atom stereocenters. The van der Waals surface area contributed by atoms with E-state index in [1.165, 1.54) is 6.33 Å². The predicted octanol–water partition coefficient (Wildman–Crippen LogP) is 4.42. The quantitative estimate of drug-likeness (QED) is 0.638. The SMILES string of the molecule is CCc1ccc(Nc2cc(C)ncn2)cc1NC(=O)COc1ccc(C)cc1. The summed E-state index contributed by atoms with van der Waals surface area (Å²) in [5.41, 5.74) is 4.67. The van der Waals surface area contributed by atoms with E-state index in [9.17, 15) is 4.79 Å². The summed E-state index contributed by atoms with van der Waals surface area (Å²) in [7, 11) is 0. The molecule has 6 heteroatoms. The highest BCUT2D eigenvalue weighted by Crippen LogP contribution is 2.24. The largest absolute Gasteiger partial charge is 0.484 e. The third-order valence-corrected chi connectivity index (χ3v) is 4.23. The van der Waals surface area contributed by atoms with Crippen molar-refractivity contribution in [2.24, 2.45) is 0 Å². The van der Waals surface area contributed by atoms with E-state index in [-0.39, 0.29) is 12.5 Å². The Morgan fingerprint density at radius 2 is 1.82 bits per heavy atom. The number of ether oxygens (including phenoxy) is 1. The number of carbonyl (C=O) groups excluding carboxylic acids is 1. The van der Waals surface area contributed by atoms with Crippen molar-refractivity contribution >= 4 is 23.1 Å². The van der Waals surface area contributed by atoms with Crippen LogP contribution in [0.1, 0.15) is 23.7 Å². The van der Waals surface area contributed by atoms with Crippen molar-refractivity contribution in [1.29, 1.82) is 0 Å². The van der Waals surface area contributed by atoms with Crippen molar-refractivity contribution in [1.82, 2.24) is 9.97 Å². The van der Waals surface area contributed by atoms with Gasteiger partial charge in [-0.2, -0.15) is 0 Å². The van der Waals surface area contributed by atoms with Gasteiger partial charge in [-0.1, -0.05) is 30.7 Å². The second kappa shape index (κ2) is 8.99. The Kier molecular flexibility index (Phi) is 6.22. The molecule has 0 saturated carbocycles. The number of hydrogen-bond donors (Lipinski definition) is 2. The maximum Gasteiger partial charge on any atom is 0.262 e. The van der Waals surface area contributed by atoms with Gasteiger partial charge >= 0.3 is 0 Å². The molecule has 144 valence electrons. The summed E-state index contributed by atoms with van der Waals surface area (Å²) in [5, 5.41) is 6.18. The number of carbonyl (C=O) groups is 1. The van der Waals surface area contributed by atoms with Gasteiger partial charge in [0.25, 0.3) is 5.91 Å². The number of anilines is 3. The molecule has 0 saturated heterocycles. The molecule has 3 rings (SSSR count). The Hall–Kier alpha value is -3.41. The summed E-state index contributed by atoms with van der Waals surface area (Å²) in [6, 6.07) is 15.3. The van der Waals surface area contributed by atoms with E-state index in [4.69, 9.17) is 4.74 Å². The van der Waals surface area contributed by atoms with E-state index in [0.717, 1.165) is 34.6 Å². The van der Waals surface area contributed by atoms with Crippen LogP contribution in [0.2, 0.25) is 0 Å². The van der Waals surface area contributed by atoms with E-state index >= 15 is 0 Å². The third-order valence-electron chi connectivity index (χ3n) is 4.23. The number of benzene rings is 2. The number of nitrogens with zero attached hydrogens (tertiary/aromatic N) is 2. The van der Waals surface area contributed by atoms with Gasteiger partial charge in [-0.05, 0) is 50.1 Å². The Labute approximate surface area is 165 Å². The summed E-state index contributed by atoms with van der Waals surface area (Å²) in [6.07, 6.45) is 2.32. The lowest BCUT2D eigenvalue weighted by Gasteiger charge is -2.14. The van der Waals surface area contributed by atoms with Crippen LogP contribution in [0, 0.1) is 13.8 Å². The van der Waals surface area contributed by atoms with Gasteiger partial charge in [0.2, 0.25) is 0 Å².